The van der Waals surface area contributed by atoms with Crippen LogP contribution in [0.25, 0.3) is 22.3 Å². The fourth-order valence-corrected chi connectivity index (χ4v) is 6.42. The molecule has 0 radical (unpaired) electrons. The molecule has 4 aromatic heterocycles. The Morgan fingerprint density at radius 2 is 2.02 bits per heavy atom. The van der Waals surface area contributed by atoms with Crippen molar-refractivity contribution < 1.29 is 23.0 Å². The first kappa shape index (κ1) is 30.0. The van der Waals surface area contributed by atoms with Crippen molar-refractivity contribution in [3.05, 3.63) is 54.4 Å². The van der Waals surface area contributed by atoms with Crippen LogP contribution in [0, 0.1) is 16.7 Å². The number of fused-ring (bicyclic) bond motifs is 1. The molecule has 0 amide bonds. The lowest BCUT2D eigenvalue weighted by atomic mass is 9.63. The molecule has 4 aromatic rings. The van der Waals surface area contributed by atoms with Crippen LogP contribution >= 0.6 is 0 Å². The summed E-state index contributed by atoms with van der Waals surface area (Å²) < 4.78 is 48.2. The Morgan fingerprint density at radius 1 is 1.20 bits per heavy atom. The van der Waals surface area contributed by atoms with Crippen molar-refractivity contribution in [1.82, 2.24) is 39.9 Å². The van der Waals surface area contributed by atoms with Gasteiger partial charge in [0.25, 0.3) is 0 Å². The number of hydrogen-bond acceptors (Lipinski definition) is 9. The topological polar surface area (TPSA) is 141 Å². The second-order valence-electron chi connectivity index (χ2n) is 11.7. The van der Waals surface area contributed by atoms with Gasteiger partial charge in [0.05, 0.1) is 24.6 Å². The van der Waals surface area contributed by atoms with Crippen LogP contribution in [0.15, 0.2) is 43.1 Å². The van der Waals surface area contributed by atoms with E-state index in [4.69, 9.17) is 9.84 Å². The molecule has 1 aliphatic heterocycles. The molecular formula is C30H34F3N9O2. The van der Waals surface area contributed by atoms with Gasteiger partial charge in [0, 0.05) is 80.0 Å². The van der Waals surface area contributed by atoms with Crippen LogP contribution in [0.5, 0.6) is 5.88 Å². The monoisotopic (exact) mass is 609 g/mol. The third-order valence-corrected chi connectivity index (χ3v) is 8.60. The van der Waals surface area contributed by atoms with E-state index < -0.39 is 11.9 Å². The molecule has 1 aliphatic carbocycles. The minimum atomic E-state index is -4.59. The summed E-state index contributed by atoms with van der Waals surface area (Å²) in [6.45, 7) is 2.49. The molecule has 44 heavy (non-hydrogen) atoms. The zero-order valence-electron chi connectivity index (χ0n) is 24.1. The van der Waals surface area contributed by atoms with E-state index in [-0.39, 0.29) is 37.1 Å². The summed E-state index contributed by atoms with van der Waals surface area (Å²) in [5, 5.41) is 27.0. The predicted molar refractivity (Wildman–Crippen MR) is 154 cm³/mol. The zero-order chi connectivity index (χ0) is 30.7. The quantitative estimate of drug-likeness (QED) is 0.216. The van der Waals surface area contributed by atoms with E-state index in [1.807, 2.05) is 23.1 Å². The molecule has 232 valence electrons. The molecule has 2 aliphatic rings. The number of aliphatic hydroxyl groups excluding tert-OH is 1. The Hall–Kier alpha value is -4.06. The number of nitrogens with one attached hydrogen (secondary N) is 2. The second kappa shape index (κ2) is 12.5. The number of likely N-dealkylation sites (tertiary alicyclic amines) is 1. The number of hydrogen-bond donors (Lipinski definition) is 3. The zero-order valence-corrected chi connectivity index (χ0v) is 24.1. The predicted octanol–water partition coefficient (Wildman–Crippen LogP) is 3.92. The van der Waals surface area contributed by atoms with Gasteiger partial charge in [-0.15, -0.1) is 0 Å². The lowest BCUT2D eigenvalue weighted by molar-refractivity contribution is -0.141. The van der Waals surface area contributed by atoms with Gasteiger partial charge in [-0.2, -0.15) is 23.5 Å². The number of nitrogens with zero attached hydrogens (tertiary/aromatic N) is 7. The molecule has 1 saturated heterocycles. The third-order valence-electron chi connectivity index (χ3n) is 8.60. The molecule has 0 spiro atoms. The van der Waals surface area contributed by atoms with Gasteiger partial charge in [-0.1, -0.05) is 0 Å². The smallest absolute Gasteiger partial charge is 0.433 e. The molecule has 14 heteroatoms. The van der Waals surface area contributed by atoms with E-state index in [1.165, 1.54) is 12.4 Å². The number of aromatic amines is 1. The van der Waals surface area contributed by atoms with Crippen LogP contribution in [0.4, 0.5) is 13.2 Å². The van der Waals surface area contributed by atoms with Crippen molar-refractivity contribution in [2.45, 2.75) is 63.5 Å². The van der Waals surface area contributed by atoms with E-state index in [9.17, 15) is 18.4 Å². The van der Waals surface area contributed by atoms with Crippen LogP contribution in [-0.4, -0.2) is 78.1 Å². The summed E-state index contributed by atoms with van der Waals surface area (Å²) in [6, 6.07) is 7.18. The second-order valence-corrected chi connectivity index (χ2v) is 11.7. The Bertz CT molecular complexity index is 1620. The number of pyridine rings is 1. The third kappa shape index (κ3) is 6.54. The van der Waals surface area contributed by atoms with Crippen LogP contribution in [0.3, 0.4) is 0 Å². The lowest BCUT2D eigenvalue weighted by Crippen LogP contribution is -2.55. The number of alkyl halides is 3. The number of nitriles is 1. The van der Waals surface area contributed by atoms with Crippen molar-refractivity contribution in [2.24, 2.45) is 5.41 Å². The van der Waals surface area contributed by atoms with E-state index in [0.717, 1.165) is 54.3 Å². The number of H-pyrrole nitrogens is 1. The first-order valence-electron chi connectivity index (χ1n) is 14.7. The van der Waals surface area contributed by atoms with Crippen LogP contribution < -0.4 is 10.1 Å². The molecule has 0 aromatic carbocycles. The van der Waals surface area contributed by atoms with E-state index in [0.29, 0.717) is 37.4 Å². The molecule has 0 atom stereocenters. The normalized spacial score (nSPS) is 21.3. The Labute approximate surface area is 252 Å². The number of piperidine rings is 1. The van der Waals surface area contributed by atoms with Crippen LogP contribution in [0.1, 0.15) is 43.4 Å². The maximum Gasteiger partial charge on any atom is 0.433 e. The Balaban J connectivity index is 1.04. The fourth-order valence-electron chi connectivity index (χ4n) is 6.42. The number of aliphatic hydroxyl groups is 1. The average Bonchev–Trinajstić information content (AvgIpc) is 3.66. The molecule has 0 unspecified atom stereocenters. The highest BCUT2D eigenvalue weighted by molar-refractivity contribution is 5.89. The Morgan fingerprint density at radius 3 is 2.77 bits per heavy atom. The van der Waals surface area contributed by atoms with Gasteiger partial charge in [-0.3, -0.25) is 4.68 Å². The molecule has 5 heterocycles. The van der Waals surface area contributed by atoms with Gasteiger partial charge in [0.1, 0.15) is 23.8 Å². The van der Waals surface area contributed by atoms with Crippen molar-refractivity contribution in [1.29, 1.82) is 5.26 Å². The summed E-state index contributed by atoms with van der Waals surface area (Å²) in [5.41, 5.74) is 1.70. The number of rotatable bonds is 11. The largest absolute Gasteiger partial charge is 0.474 e. The molecule has 6 rings (SSSR count). The van der Waals surface area contributed by atoms with Gasteiger partial charge in [0.2, 0.25) is 5.88 Å². The first-order chi connectivity index (χ1) is 21.2. The lowest BCUT2D eigenvalue weighted by Gasteiger charge is -2.52. The molecular weight excluding hydrogens is 575 g/mol. The van der Waals surface area contributed by atoms with Crippen molar-refractivity contribution in [3.8, 4) is 23.2 Å². The van der Waals surface area contributed by atoms with E-state index >= 15 is 0 Å². The maximum atomic E-state index is 13.5. The molecule has 3 N–H and O–H groups in total. The number of halogens is 3. The summed E-state index contributed by atoms with van der Waals surface area (Å²) in [7, 11) is 0. The van der Waals surface area contributed by atoms with Gasteiger partial charge < -0.3 is 25.0 Å². The van der Waals surface area contributed by atoms with Crippen molar-refractivity contribution in [3.63, 3.8) is 0 Å². The van der Waals surface area contributed by atoms with Gasteiger partial charge in [-0.25, -0.2) is 15.0 Å². The van der Waals surface area contributed by atoms with Gasteiger partial charge in [0.15, 0.2) is 0 Å². The summed E-state index contributed by atoms with van der Waals surface area (Å²) in [6.07, 6.45) is 5.83. The minimum absolute atomic E-state index is 0.0337. The highest BCUT2D eigenvalue weighted by Gasteiger charge is 2.47. The summed E-state index contributed by atoms with van der Waals surface area (Å²) >= 11 is 0. The average molecular weight is 610 g/mol. The summed E-state index contributed by atoms with van der Waals surface area (Å²) in [4.78, 5) is 17.9. The first-order valence-corrected chi connectivity index (χ1v) is 14.7. The van der Waals surface area contributed by atoms with E-state index in [2.05, 4.69) is 41.3 Å². The van der Waals surface area contributed by atoms with Gasteiger partial charge in [-0.05, 0) is 43.4 Å². The van der Waals surface area contributed by atoms with Crippen LogP contribution in [0.2, 0.25) is 0 Å². The molecule has 11 nitrogen and oxygen atoms in total. The highest BCUT2D eigenvalue weighted by Crippen LogP contribution is 2.48. The highest BCUT2D eigenvalue weighted by atomic mass is 19.4. The standard InChI is InChI=1S/C30H34F3N9O2/c31-30(32,33)25-11-20(15-35-7-10-43)12-26(40-25)44-23-2-8-41(9-3-23)22-13-29(14-22,4-5-34)18-42-17-21(16-39-42)27-24-1-6-36-28(24)38-19-37-27/h1,6,11-12,16-17,19,22-23,35,43H,2-4,7-10,13-15,18H2,(H,36,37,38). The summed E-state index contributed by atoms with van der Waals surface area (Å²) in [5.74, 6) is -0.0337. The minimum Gasteiger partial charge on any atom is -0.474 e. The Kier molecular flexibility index (Phi) is 8.53. The number of ether oxygens (including phenoxy) is 1. The van der Waals surface area contributed by atoms with Crippen molar-refractivity contribution >= 4 is 11.0 Å². The molecule has 1 saturated carbocycles. The maximum absolute atomic E-state index is 13.5. The van der Waals surface area contributed by atoms with Gasteiger partial charge >= 0.3 is 6.18 Å². The van der Waals surface area contributed by atoms with E-state index in [1.54, 1.807) is 6.20 Å². The number of aromatic nitrogens is 6. The van der Waals surface area contributed by atoms with Crippen molar-refractivity contribution in [2.75, 3.05) is 26.2 Å². The molecule has 2 fully saturated rings. The molecule has 0 bridgehead atoms. The van der Waals surface area contributed by atoms with Crippen LogP contribution in [-0.2, 0) is 19.3 Å². The SMILES string of the molecule is N#CCC1(Cn2cc(-c3ncnc4[nH]ccc34)cn2)CC(N2CCC(Oc3cc(CNCCO)cc(C(F)(F)F)n3)CC2)C1. The fraction of sp³-hybridized carbons (Fsp3) is 0.500.